The van der Waals surface area contributed by atoms with Crippen molar-refractivity contribution in [3.8, 4) is 0 Å². The number of sulfonamides is 1. The van der Waals surface area contributed by atoms with Crippen molar-refractivity contribution < 1.29 is 23.2 Å². The standard InChI is InChI=1S/C16H16N2O6S/c1-11-6-5-8-13(12(11)2)17(10-16(19)20)25(23,24)15-9-4-3-7-14(15)18(21)22/h3-9H,10H2,1-2H3,(H,19,20). The molecular formula is C16H16N2O6S. The van der Waals surface area contributed by atoms with E-state index in [9.17, 15) is 23.3 Å². The third-order valence-corrected chi connectivity index (χ3v) is 5.56. The van der Waals surface area contributed by atoms with E-state index in [4.69, 9.17) is 5.11 Å². The highest BCUT2D eigenvalue weighted by molar-refractivity contribution is 7.93. The van der Waals surface area contributed by atoms with Gasteiger partial charge in [-0.3, -0.25) is 19.2 Å². The monoisotopic (exact) mass is 364 g/mol. The van der Waals surface area contributed by atoms with Gasteiger partial charge in [-0.25, -0.2) is 8.42 Å². The number of nitro benzene ring substituents is 1. The maximum Gasteiger partial charge on any atom is 0.324 e. The second-order valence-electron chi connectivity index (χ2n) is 5.35. The smallest absolute Gasteiger partial charge is 0.324 e. The summed E-state index contributed by atoms with van der Waals surface area (Å²) >= 11 is 0. The number of anilines is 1. The summed E-state index contributed by atoms with van der Waals surface area (Å²) in [7, 11) is -4.45. The Kier molecular flexibility index (Phi) is 5.07. The third kappa shape index (κ3) is 3.61. The van der Waals surface area contributed by atoms with Crippen molar-refractivity contribution in [3.63, 3.8) is 0 Å². The summed E-state index contributed by atoms with van der Waals surface area (Å²) in [5, 5.41) is 20.3. The molecule has 132 valence electrons. The average molecular weight is 364 g/mol. The molecule has 0 aromatic heterocycles. The lowest BCUT2D eigenvalue weighted by atomic mass is 10.1. The van der Waals surface area contributed by atoms with Crippen molar-refractivity contribution in [1.29, 1.82) is 0 Å². The van der Waals surface area contributed by atoms with Crippen molar-refractivity contribution in [2.45, 2.75) is 18.7 Å². The van der Waals surface area contributed by atoms with Crippen LogP contribution in [0.3, 0.4) is 0 Å². The van der Waals surface area contributed by atoms with E-state index in [1.165, 1.54) is 18.2 Å². The molecule has 0 fully saturated rings. The molecule has 0 radical (unpaired) electrons. The minimum Gasteiger partial charge on any atom is -0.480 e. The normalized spacial score (nSPS) is 11.1. The van der Waals surface area contributed by atoms with Gasteiger partial charge < -0.3 is 5.11 Å². The van der Waals surface area contributed by atoms with Gasteiger partial charge >= 0.3 is 5.97 Å². The van der Waals surface area contributed by atoms with E-state index in [2.05, 4.69) is 0 Å². The number of rotatable bonds is 6. The van der Waals surface area contributed by atoms with Crippen LogP contribution in [0.15, 0.2) is 47.4 Å². The first-order valence-electron chi connectivity index (χ1n) is 7.20. The number of carboxylic acids is 1. The summed E-state index contributed by atoms with van der Waals surface area (Å²) in [6.45, 7) is 2.57. The molecule has 25 heavy (non-hydrogen) atoms. The molecule has 0 saturated heterocycles. The molecule has 9 heteroatoms. The van der Waals surface area contributed by atoms with Crippen molar-refractivity contribution in [1.82, 2.24) is 0 Å². The second-order valence-corrected chi connectivity index (χ2v) is 7.18. The number of benzene rings is 2. The largest absolute Gasteiger partial charge is 0.480 e. The number of aliphatic carboxylic acids is 1. The van der Waals surface area contributed by atoms with Gasteiger partial charge in [-0.1, -0.05) is 24.3 Å². The molecule has 0 aliphatic heterocycles. The minimum atomic E-state index is -4.45. The zero-order valence-electron chi connectivity index (χ0n) is 13.5. The molecule has 0 spiro atoms. The van der Waals surface area contributed by atoms with E-state index < -0.39 is 38.0 Å². The van der Waals surface area contributed by atoms with E-state index in [0.717, 1.165) is 17.7 Å². The molecule has 0 atom stereocenters. The molecule has 2 aromatic rings. The lowest BCUT2D eigenvalue weighted by molar-refractivity contribution is -0.387. The van der Waals surface area contributed by atoms with Crippen molar-refractivity contribution in [2.75, 3.05) is 10.8 Å². The second kappa shape index (κ2) is 6.89. The topological polar surface area (TPSA) is 118 Å². The minimum absolute atomic E-state index is 0.167. The van der Waals surface area contributed by atoms with E-state index in [-0.39, 0.29) is 5.69 Å². The van der Waals surface area contributed by atoms with Gasteiger partial charge in [0.2, 0.25) is 0 Å². The Balaban J connectivity index is 2.72. The molecule has 0 aliphatic rings. The van der Waals surface area contributed by atoms with Gasteiger partial charge in [0, 0.05) is 6.07 Å². The summed E-state index contributed by atoms with van der Waals surface area (Å²) in [4.78, 5) is 21.0. The number of hydrogen-bond donors (Lipinski definition) is 1. The van der Waals surface area contributed by atoms with Crippen LogP contribution in [0, 0.1) is 24.0 Å². The van der Waals surface area contributed by atoms with Crippen LogP contribution in [0.25, 0.3) is 0 Å². The van der Waals surface area contributed by atoms with Gasteiger partial charge in [0.05, 0.1) is 10.6 Å². The van der Waals surface area contributed by atoms with Crippen LogP contribution in [0.1, 0.15) is 11.1 Å². The van der Waals surface area contributed by atoms with Gasteiger partial charge in [-0.2, -0.15) is 0 Å². The van der Waals surface area contributed by atoms with Crippen molar-refractivity contribution in [3.05, 3.63) is 63.7 Å². The van der Waals surface area contributed by atoms with Crippen molar-refractivity contribution >= 4 is 27.4 Å². The Morgan fingerprint density at radius 1 is 1.16 bits per heavy atom. The number of hydrogen-bond acceptors (Lipinski definition) is 5. The van der Waals surface area contributed by atoms with E-state index in [0.29, 0.717) is 9.87 Å². The molecule has 0 heterocycles. The summed E-state index contributed by atoms with van der Waals surface area (Å²) in [6.07, 6.45) is 0. The van der Waals surface area contributed by atoms with E-state index >= 15 is 0 Å². The van der Waals surface area contributed by atoms with Crippen LogP contribution in [-0.2, 0) is 14.8 Å². The third-order valence-electron chi connectivity index (χ3n) is 3.75. The number of carboxylic acid groups (broad SMARTS) is 1. The molecular weight excluding hydrogens is 348 g/mol. The fourth-order valence-electron chi connectivity index (χ4n) is 2.37. The predicted molar refractivity (Wildman–Crippen MR) is 91.2 cm³/mol. The lowest BCUT2D eigenvalue weighted by Crippen LogP contribution is -2.36. The predicted octanol–water partition coefficient (Wildman–Crippen LogP) is 2.49. The Morgan fingerprint density at radius 2 is 1.80 bits per heavy atom. The van der Waals surface area contributed by atoms with Gasteiger partial charge in [0.1, 0.15) is 6.54 Å². The highest BCUT2D eigenvalue weighted by Gasteiger charge is 2.33. The summed E-state index contributed by atoms with van der Waals surface area (Å²) < 4.78 is 26.7. The maximum atomic E-state index is 13.0. The van der Waals surface area contributed by atoms with Gasteiger partial charge in [0.25, 0.3) is 15.7 Å². The summed E-state index contributed by atoms with van der Waals surface area (Å²) in [5.74, 6) is -1.37. The SMILES string of the molecule is Cc1cccc(N(CC(=O)O)S(=O)(=O)c2ccccc2[N+](=O)[O-])c1C. The highest BCUT2D eigenvalue weighted by Crippen LogP contribution is 2.32. The van der Waals surface area contributed by atoms with Crippen LogP contribution >= 0.6 is 0 Å². The molecule has 1 N–H and O–H groups in total. The van der Waals surface area contributed by atoms with Crippen LogP contribution in [0.4, 0.5) is 11.4 Å². The first-order chi connectivity index (χ1) is 11.7. The Bertz CT molecular complexity index is 939. The van der Waals surface area contributed by atoms with Crippen LogP contribution in [0.5, 0.6) is 0 Å². The van der Waals surface area contributed by atoms with Gasteiger partial charge in [-0.15, -0.1) is 0 Å². The van der Waals surface area contributed by atoms with Crippen LogP contribution in [-0.4, -0.2) is 31.0 Å². The van der Waals surface area contributed by atoms with Gasteiger partial charge in [-0.05, 0) is 37.1 Å². The fraction of sp³-hybridized carbons (Fsp3) is 0.188. The lowest BCUT2D eigenvalue weighted by Gasteiger charge is -2.25. The summed E-state index contributed by atoms with van der Waals surface area (Å²) in [6, 6.07) is 9.68. The summed E-state index contributed by atoms with van der Waals surface area (Å²) in [5.41, 5.74) is 0.903. The van der Waals surface area contributed by atoms with Gasteiger partial charge in [0.15, 0.2) is 4.90 Å². The van der Waals surface area contributed by atoms with Crippen LogP contribution in [0.2, 0.25) is 0 Å². The fourth-order valence-corrected chi connectivity index (χ4v) is 4.01. The molecule has 0 aliphatic carbocycles. The highest BCUT2D eigenvalue weighted by atomic mass is 32.2. The number of nitro groups is 1. The van der Waals surface area contributed by atoms with Crippen molar-refractivity contribution in [2.24, 2.45) is 0 Å². The number of carbonyl (C=O) groups is 1. The number of aryl methyl sites for hydroxylation is 1. The Morgan fingerprint density at radius 3 is 2.40 bits per heavy atom. The Labute approximate surface area is 144 Å². The number of para-hydroxylation sites is 1. The average Bonchev–Trinajstić information content (AvgIpc) is 2.55. The molecule has 0 unspecified atom stereocenters. The zero-order chi connectivity index (χ0) is 18.8. The molecule has 2 aromatic carbocycles. The first kappa shape index (κ1) is 18.4. The maximum absolute atomic E-state index is 13.0. The van der Waals surface area contributed by atoms with Crippen LogP contribution < -0.4 is 4.31 Å². The molecule has 0 amide bonds. The zero-order valence-corrected chi connectivity index (χ0v) is 14.4. The van der Waals surface area contributed by atoms with E-state index in [1.54, 1.807) is 26.0 Å². The quantitative estimate of drug-likeness (QED) is 0.621. The molecule has 2 rings (SSSR count). The number of nitrogens with zero attached hydrogens (tertiary/aromatic N) is 2. The molecule has 8 nitrogen and oxygen atoms in total. The van der Waals surface area contributed by atoms with E-state index in [1.807, 2.05) is 0 Å². The molecule has 0 bridgehead atoms. The first-order valence-corrected chi connectivity index (χ1v) is 8.64. The molecule has 0 saturated carbocycles. The Hall–Kier alpha value is -2.94.